The summed E-state index contributed by atoms with van der Waals surface area (Å²) >= 11 is 0. The third-order valence-electron chi connectivity index (χ3n) is 20.0. The molecule has 7 heteroatoms. The Morgan fingerprint density at radius 3 is 0.882 bits per heavy atom. The number of hydrogen-bond donors (Lipinski definition) is 0. The Hall–Kier alpha value is -12.2. The lowest BCUT2D eigenvalue weighted by Crippen LogP contribution is -2.72. The van der Waals surface area contributed by atoms with Crippen molar-refractivity contribution in [1.29, 1.82) is 0 Å². The zero-order chi connectivity index (χ0) is 60.9. The van der Waals surface area contributed by atoms with Crippen LogP contribution >= 0.6 is 0 Å². The molecule has 93 heavy (non-hydrogen) atoms. The van der Waals surface area contributed by atoms with Gasteiger partial charge in [-0.05, 0) is 174 Å². The largest absolute Gasteiger partial charge is 0.309 e. The second-order valence-electron chi connectivity index (χ2n) is 24.7. The minimum Gasteiger partial charge on any atom is -0.309 e. The number of aromatic nitrogens is 6. The first-order valence-electron chi connectivity index (χ1n) is 32.0. The molecule has 6 nitrogen and oxygen atoms in total. The summed E-state index contributed by atoms with van der Waals surface area (Å²) in [7, 11) is -3.86. The van der Waals surface area contributed by atoms with E-state index >= 15 is 0 Å². The SMILES string of the molecule is c1ccc(-n2c(-c3cccc4c3[Si]3(c5c(-c6ccc7c(c6)c6ccccc6n7-c6ccccc6)cccc5-c5cccc(-c6ccc7c(c6)c6ccccc6n7-c6ccccc6)c53)c3c-4cccc3-c3nc4ccccc4n3-c3ccccc3)nc3ccccc32)cc1. The summed E-state index contributed by atoms with van der Waals surface area (Å²) in [5, 5.41) is 10.2. The number of hydrogen-bond acceptors (Lipinski definition) is 2. The first-order chi connectivity index (χ1) is 46.2. The molecule has 0 atom stereocenters. The molecule has 0 bridgehead atoms. The number of nitrogens with zero attached hydrogens (tertiary/aromatic N) is 6. The molecule has 14 aromatic carbocycles. The average molecular weight is 1200 g/mol. The van der Waals surface area contributed by atoms with Crippen LogP contribution in [0.3, 0.4) is 0 Å². The molecule has 6 heterocycles. The summed E-state index contributed by atoms with van der Waals surface area (Å²) < 4.78 is 9.67. The minimum absolute atomic E-state index is 0.909. The molecule has 432 valence electrons. The molecule has 0 amide bonds. The fourth-order valence-electron chi connectivity index (χ4n) is 16.4. The van der Waals surface area contributed by atoms with E-state index in [-0.39, 0.29) is 0 Å². The highest BCUT2D eigenvalue weighted by Gasteiger charge is 2.59. The van der Waals surface area contributed by atoms with E-state index in [9.17, 15) is 0 Å². The molecular formula is C86H54N6Si. The summed E-state index contributed by atoms with van der Waals surface area (Å²) in [6.45, 7) is 0. The molecule has 1 spiro atoms. The first kappa shape index (κ1) is 51.7. The Kier molecular flexibility index (Phi) is 11.1. The van der Waals surface area contributed by atoms with Gasteiger partial charge in [0.2, 0.25) is 0 Å². The van der Waals surface area contributed by atoms with Crippen LogP contribution in [-0.2, 0) is 0 Å². The van der Waals surface area contributed by atoms with E-state index in [4.69, 9.17) is 9.97 Å². The molecule has 2 aliphatic heterocycles. The second kappa shape index (κ2) is 19.9. The molecular weight excluding hydrogens is 1150 g/mol. The summed E-state index contributed by atoms with van der Waals surface area (Å²) in [5.41, 5.74) is 25.0. The van der Waals surface area contributed by atoms with Crippen molar-refractivity contribution in [2.24, 2.45) is 0 Å². The van der Waals surface area contributed by atoms with E-state index in [1.54, 1.807) is 0 Å². The van der Waals surface area contributed by atoms with Gasteiger partial charge < -0.3 is 9.13 Å². The smallest absolute Gasteiger partial charge is 0.184 e. The quantitative estimate of drug-likeness (QED) is 0.142. The Balaban J connectivity index is 0.967. The van der Waals surface area contributed by atoms with Gasteiger partial charge in [-0.25, -0.2) is 9.97 Å². The van der Waals surface area contributed by atoms with Gasteiger partial charge in [-0.15, -0.1) is 0 Å². The predicted octanol–water partition coefficient (Wildman–Crippen LogP) is 18.6. The van der Waals surface area contributed by atoms with Crippen LogP contribution in [0.2, 0.25) is 0 Å². The number of para-hydroxylation sites is 10. The van der Waals surface area contributed by atoms with E-state index in [2.05, 4.69) is 346 Å². The van der Waals surface area contributed by atoms with Gasteiger partial charge in [0.1, 0.15) is 11.6 Å². The summed E-state index contributed by atoms with van der Waals surface area (Å²) in [6.07, 6.45) is 0. The van der Waals surface area contributed by atoms with Crippen LogP contribution in [0.5, 0.6) is 0 Å². The van der Waals surface area contributed by atoms with Gasteiger partial charge >= 0.3 is 0 Å². The molecule has 0 N–H and O–H groups in total. The topological polar surface area (TPSA) is 45.5 Å². The molecule has 20 rings (SSSR count). The van der Waals surface area contributed by atoms with Gasteiger partial charge in [-0.3, -0.25) is 9.13 Å². The van der Waals surface area contributed by atoms with Crippen molar-refractivity contribution in [2.75, 3.05) is 0 Å². The number of rotatable bonds is 8. The Morgan fingerprint density at radius 1 is 0.204 bits per heavy atom. The zero-order valence-electron chi connectivity index (χ0n) is 50.4. The Morgan fingerprint density at radius 2 is 0.495 bits per heavy atom. The first-order valence-corrected chi connectivity index (χ1v) is 34.0. The number of imidazole rings is 2. The van der Waals surface area contributed by atoms with Crippen LogP contribution in [0.15, 0.2) is 328 Å². The highest BCUT2D eigenvalue weighted by atomic mass is 28.3. The van der Waals surface area contributed by atoms with Gasteiger partial charge in [0, 0.05) is 55.4 Å². The lowest BCUT2D eigenvalue weighted by Gasteiger charge is -2.34. The Bertz CT molecular complexity index is 5740. The summed E-state index contributed by atoms with van der Waals surface area (Å²) in [4.78, 5) is 11.7. The monoisotopic (exact) mass is 1200 g/mol. The van der Waals surface area contributed by atoms with Crippen molar-refractivity contribution >= 4 is 94.5 Å². The molecule has 4 aromatic heterocycles. The van der Waals surface area contributed by atoms with E-state index in [0.717, 1.165) is 67.6 Å². The van der Waals surface area contributed by atoms with E-state index < -0.39 is 8.07 Å². The summed E-state index contributed by atoms with van der Waals surface area (Å²) in [6, 6.07) is 121. The lowest BCUT2D eigenvalue weighted by molar-refractivity contribution is 1.10. The Labute approximate surface area is 537 Å². The maximum absolute atomic E-state index is 5.84. The molecule has 0 saturated heterocycles. The van der Waals surface area contributed by atoms with Crippen LogP contribution in [0.1, 0.15) is 0 Å². The van der Waals surface area contributed by atoms with Gasteiger partial charge in [-0.2, -0.15) is 0 Å². The predicted molar refractivity (Wildman–Crippen MR) is 388 cm³/mol. The number of benzene rings is 14. The van der Waals surface area contributed by atoms with Crippen LogP contribution < -0.4 is 20.7 Å². The fourth-order valence-corrected chi connectivity index (χ4v) is 22.9. The fraction of sp³-hybridized carbons (Fsp3) is 0. The van der Waals surface area contributed by atoms with Gasteiger partial charge in [-0.1, -0.05) is 218 Å². The molecule has 0 radical (unpaired) electrons. The normalized spacial score (nSPS) is 12.8. The van der Waals surface area contributed by atoms with E-state index in [1.807, 2.05) is 0 Å². The molecule has 2 aliphatic rings. The van der Waals surface area contributed by atoms with Gasteiger partial charge in [0.15, 0.2) is 8.07 Å². The molecule has 0 saturated carbocycles. The highest BCUT2D eigenvalue weighted by molar-refractivity contribution is 7.26. The lowest BCUT2D eigenvalue weighted by atomic mass is 9.95. The molecule has 0 aliphatic carbocycles. The van der Waals surface area contributed by atoms with Crippen molar-refractivity contribution in [1.82, 2.24) is 28.2 Å². The average Bonchev–Trinajstić information content (AvgIpc) is 1.49. The van der Waals surface area contributed by atoms with E-state index in [1.165, 1.54) is 109 Å². The van der Waals surface area contributed by atoms with Crippen LogP contribution in [-0.4, -0.2) is 36.3 Å². The van der Waals surface area contributed by atoms with E-state index in [0.29, 0.717) is 0 Å². The van der Waals surface area contributed by atoms with Crippen molar-refractivity contribution in [3.63, 3.8) is 0 Å². The number of fused-ring (bicyclic) bond motifs is 18. The van der Waals surface area contributed by atoms with Crippen molar-refractivity contribution < 1.29 is 0 Å². The van der Waals surface area contributed by atoms with Crippen LogP contribution in [0, 0.1) is 0 Å². The molecule has 18 aromatic rings. The maximum Gasteiger partial charge on any atom is 0.184 e. The third-order valence-corrected chi connectivity index (χ3v) is 25.1. The van der Waals surface area contributed by atoms with Crippen molar-refractivity contribution in [3.8, 4) is 90.0 Å². The highest BCUT2D eigenvalue weighted by Crippen LogP contribution is 2.48. The second-order valence-corrected chi connectivity index (χ2v) is 28.2. The zero-order valence-corrected chi connectivity index (χ0v) is 51.4. The molecule has 0 unspecified atom stereocenters. The van der Waals surface area contributed by atoms with Gasteiger partial charge in [0.05, 0.1) is 44.1 Å². The summed E-state index contributed by atoms with van der Waals surface area (Å²) in [5.74, 6) is 1.82. The molecule has 0 fully saturated rings. The van der Waals surface area contributed by atoms with Crippen LogP contribution in [0.25, 0.3) is 156 Å². The van der Waals surface area contributed by atoms with Crippen molar-refractivity contribution in [2.45, 2.75) is 0 Å². The maximum atomic E-state index is 5.84. The minimum atomic E-state index is -3.86. The van der Waals surface area contributed by atoms with Crippen molar-refractivity contribution in [3.05, 3.63) is 328 Å². The van der Waals surface area contributed by atoms with Crippen LogP contribution in [0.4, 0.5) is 0 Å². The standard InChI is InChI=1S/C86H54N6Si/c1-5-25-57(26-6-1)89-75-45-17-13-33-63(75)71-53-55(49-51-77(71)89)61-35-21-37-65-66-38-22-36-62(56-50-52-78-72(54-56)64-34-14-18-46-76(64)90(78)58-27-7-2-8-28-58)82(66)93(81(61)65)83-67(39-23-41-69(83)85-87-73-43-15-19-47-79(73)91(85)59-29-9-3-10-30-59)68-40-24-42-70(84(68)93)86-88-74-44-16-20-48-80(74)92(86)60-31-11-4-12-32-60/h1-54H. The third kappa shape index (κ3) is 7.28. The van der Waals surface area contributed by atoms with Gasteiger partial charge in [0.25, 0.3) is 0 Å².